The molecule has 13 heteroatoms. The van der Waals surface area contributed by atoms with Gasteiger partial charge in [0.25, 0.3) is 0 Å². The third kappa shape index (κ3) is 12.6. The van der Waals surface area contributed by atoms with E-state index < -0.39 is 54.7 Å². The predicted molar refractivity (Wildman–Crippen MR) is 341 cm³/mol. The first-order chi connectivity index (χ1) is 34.4. The van der Waals surface area contributed by atoms with Crippen molar-refractivity contribution in [2.45, 2.75) is 210 Å². The Morgan fingerprint density at radius 2 is 0.855 bits per heavy atom. The lowest BCUT2D eigenvalue weighted by Crippen LogP contribution is -2.41. The van der Waals surface area contributed by atoms with Gasteiger partial charge in [-0.1, -0.05) is 198 Å². The first-order valence-electron chi connectivity index (χ1n) is 27.6. The van der Waals surface area contributed by atoms with Gasteiger partial charge >= 0.3 is 16.8 Å². The summed E-state index contributed by atoms with van der Waals surface area (Å²) in [4.78, 5) is 0. The summed E-state index contributed by atoms with van der Waals surface area (Å²) < 4.78 is 50.6. The highest BCUT2D eigenvalue weighted by molar-refractivity contribution is 7.42. The number of hydrogen-bond acceptors (Lipinski definition) is 7. The number of hydrogen-bond donors (Lipinski definition) is 0. The highest BCUT2D eigenvalue weighted by Crippen LogP contribution is 2.58. The summed E-state index contributed by atoms with van der Waals surface area (Å²) in [6, 6.07) is 25.2. The Kier molecular flexibility index (Phi) is 16.0. The maximum atomic E-state index is 7.88. The molecule has 0 fully saturated rings. The van der Waals surface area contributed by atoms with Crippen LogP contribution in [-0.4, -0.2) is 38.9 Å². The molecule has 5 aromatic carbocycles. The number of para-hydroxylation sites is 1. The van der Waals surface area contributed by atoms with Crippen LogP contribution in [0, 0.1) is 0 Å². The first-order valence-corrected chi connectivity index (χ1v) is 43.8. The van der Waals surface area contributed by atoms with Crippen molar-refractivity contribution in [2.75, 3.05) is 6.61 Å². The lowest BCUT2D eigenvalue weighted by atomic mass is 9.83. The van der Waals surface area contributed by atoms with Crippen molar-refractivity contribution in [2.24, 2.45) is 0 Å². The standard InChI is InChI=1S/C63H94O7P2Si4/c1-28-64-49-31-29-30-48-58(49)69-72(70-63(48,14)15)68-57-47(35-43(62(11,12)13)39-53(57)76(25,26)27)46-34-42(61(8,9)10)38-52(75(22,23)24)56(46)67-71-65-54-44(32-40(59(2,3)4)36-50(54)73(16,17)18)45-33-41(60(5,6)7)37-51(55(45)66-71)74(19,20)21/h29-39H,28H2,1-27H3. The predicted octanol–water partition coefficient (Wildman–Crippen LogP) is 18.5. The monoisotopic (exact) mass is 1140 g/mol. The van der Waals surface area contributed by atoms with E-state index in [4.69, 9.17) is 31.2 Å². The molecule has 2 heterocycles. The van der Waals surface area contributed by atoms with Crippen LogP contribution in [0.5, 0.6) is 23.0 Å². The van der Waals surface area contributed by atoms with Crippen LogP contribution in [0.3, 0.4) is 0 Å². The van der Waals surface area contributed by atoms with E-state index in [-0.39, 0.29) is 21.7 Å². The first kappa shape index (κ1) is 60.1. The zero-order valence-corrected chi connectivity index (χ0v) is 57.6. The number of benzene rings is 5. The molecule has 0 aliphatic carbocycles. The van der Waals surface area contributed by atoms with E-state index >= 15 is 0 Å². The van der Waals surface area contributed by atoms with Gasteiger partial charge in [0.05, 0.1) is 38.9 Å². The Morgan fingerprint density at radius 1 is 0.487 bits per heavy atom. The second-order valence-electron chi connectivity index (χ2n) is 30.2. The molecule has 76 heavy (non-hydrogen) atoms. The second kappa shape index (κ2) is 20.2. The van der Waals surface area contributed by atoms with E-state index in [0.717, 1.165) is 50.1 Å². The van der Waals surface area contributed by atoms with Crippen LogP contribution >= 0.6 is 16.8 Å². The molecule has 1 aliphatic heterocycles. The van der Waals surface area contributed by atoms with Crippen molar-refractivity contribution in [1.82, 2.24) is 0 Å². The normalized spacial score (nSPS) is 15.9. The maximum absolute atomic E-state index is 7.88. The minimum atomic E-state index is -2.27. The van der Waals surface area contributed by atoms with Crippen LogP contribution in [0.2, 0.25) is 78.6 Å². The van der Waals surface area contributed by atoms with E-state index in [1.807, 2.05) is 19.1 Å². The van der Waals surface area contributed by atoms with Crippen LogP contribution in [0.4, 0.5) is 0 Å². The zero-order valence-electron chi connectivity index (χ0n) is 51.8. The van der Waals surface area contributed by atoms with Crippen LogP contribution in [-0.2, 0) is 31.8 Å². The Balaban J connectivity index is 1.68. The number of ether oxygens (including phenoxy) is 1. The molecule has 0 saturated carbocycles. The van der Waals surface area contributed by atoms with Gasteiger partial charge in [-0.3, -0.25) is 4.52 Å². The molecule has 0 saturated heterocycles. The molecular weight excluding hydrogens is 1040 g/mol. The van der Waals surface area contributed by atoms with Gasteiger partial charge in [-0.25, -0.2) is 0 Å². The summed E-state index contributed by atoms with van der Waals surface area (Å²) in [5.41, 5.74) is 8.28. The van der Waals surface area contributed by atoms with Gasteiger partial charge in [-0.15, -0.1) is 0 Å². The molecule has 1 unspecified atom stereocenters. The lowest BCUT2D eigenvalue weighted by Gasteiger charge is -2.37. The quantitative estimate of drug-likeness (QED) is 0.0945. The van der Waals surface area contributed by atoms with Crippen LogP contribution in [0.1, 0.15) is 132 Å². The van der Waals surface area contributed by atoms with E-state index in [1.165, 1.54) is 43.0 Å². The SMILES string of the molecule is CCOc1cccc2c1OP(Oc1c(-c3cc(C(C)(C)C)cc([Si](C)(C)C)c3Op3oc4c([Si](C)(C)C)cc(C(C)(C)C)cc4c4cc(C(C)(C)C)cc([Si](C)(C)C)c4o3)cc(C(C)(C)C)cc1[Si](C)(C)C)OC2(C)C. The Hall–Kier alpha value is -3.54. The topological polar surface area (TPSA) is 72.4 Å². The highest BCUT2D eigenvalue weighted by Gasteiger charge is 2.43. The van der Waals surface area contributed by atoms with Gasteiger partial charge in [0.1, 0.15) is 28.3 Å². The molecule has 6 aromatic rings. The molecule has 7 nitrogen and oxygen atoms in total. The summed E-state index contributed by atoms with van der Waals surface area (Å²) in [6.45, 7) is 63.5. The average Bonchev–Trinajstić information content (AvgIpc) is 3.39. The summed E-state index contributed by atoms with van der Waals surface area (Å²) in [5.74, 6) is 2.90. The molecule has 1 aromatic heterocycles. The van der Waals surface area contributed by atoms with Crippen molar-refractivity contribution in [1.29, 1.82) is 0 Å². The summed E-state index contributed by atoms with van der Waals surface area (Å²) in [7, 11) is -12.8. The highest BCUT2D eigenvalue weighted by atomic mass is 31.2. The van der Waals surface area contributed by atoms with E-state index in [2.05, 4.69) is 230 Å². The Labute approximate surface area is 465 Å². The van der Waals surface area contributed by atoms with Crippen molar-refractivity contribution in [3.63, 3.8) is 0 Å². The van der Waals surface area contributed by atoms with Gasteiger partial charge in [-0.05, 0) is 116 Å². The smallest absolute Gasteiger partial charge is 0.464 e. The van der Waals surface area contributed by atoms with Crippen LogP contribution < -0.4 is 39.1 Å². The fraction of sp³-hybridized carbons (Fsp3) is 0.524. The summed E-state index contributed by atoms with van der Waals surface area (Å²) in [6.07, 6.45) is 0. The third-order valence-corrected chi connectivity index (χ3v) is 24.9. The number of fused-ring (bicyclic) bond motifs is 4. The largest absolute Gasteiger partial charge is 0.490 e. The minimum absolute atomic E-state index is 0.104. The van der Waals surface area contributed by atoms with Gasteiger partial charge in [0.2, 0.25) is 0 Å². The molecular formula is C63H94O7P2Si4. The van der Waals surface area contributed by atoms with Gasteiger partial charge < -0.3 is 26.7 Å². The van der Waals surface area contributed by atoms with Crippen molar-refractivity contribution in [3.05, 3.63) is 94.5 Å². The minimum Gasteiger partial charge on any atom is -0.490 e. The molecule has 1 atom stereocenters. The van der Waals surface area contributed by atoms with Crippen molar-refractivity contribution < 1.29 is 31.2 Å². The lowest BCUT2D eigenvalue weighted by molar-refractivity contribution is 0.0757. The van der Waals surface area contributed by atoms with Gasteiger partial charge in [0.15, 0.2) is 11.5 Å². The molecule has 0 radical (unpaired) electrons. The molecule has 7 rings (SSSR count). The van der Waals surface area contributed by atoms with Crippen molar-refractivity contribution >= 4 is 91.8 Å². The van der Waals surface area contributed by atoms with E-state index in [1.54, 1.807) is 0 Å². The summed E-state index contributed by atoms with van der Waals surface area (Å²) >= 11 is 0. The second-order valence-corrected chi connectivity index (χ2v) is 52.3. The molecule has 0 amide bonds. The number of rotatable bonds is 11. The molecule has 0 spiro atoms. The molecule has 0 bridgehead atoms. The molecule has 414 valence electrons. The maximum Gasteiger partial charge on any atom is 0.464 e. The van der Waals surface area contributed by atoms with E-state index in [9.17, 15) is 0 Å². The van der Waals surface area contributed by atoms with E-state index in [0.29, 0.717) is 18.1 Å². The van der Waals surface area contributed by atoms with Crippen LogP contribution in [0.15, 0.2) is 75.1 Å². The molecule has 1 aliphatic rings. The van der Waals surface area contributed by atoms with Gasteiger partial charge in [-0.2, -0.15) is 0 Å². The summed E-state index contributed by atoms with van der Waals surface area (Å²) in [5, 5.41) is 7.11. The fourth-order valence-electron chi connectivity index (χ4n) is 9.74. The Morgan fingerprint density at radius 3 is 1.22 bits per heavy atom. The third-order valence-electron chi connectivity index (χ3n) is 14.7. The van der Waals surface area contributed by atoms with Crippen LogP contribution in [0.25, 0.3) is 33.1 Å². The fourth-order valence-corrected chi connectivity index (χ4v) is 18.3. The average molecular weight is 1140 g/mol. The zero-order chi connectivity index (χ0) is 57.1. The van der Waals surface area contributed by atoms with Gasteiger partial charge in [0, 0.05) is 27.5 Å². The molecule has 0 N–H and O–H groups in total. The Bertz CT molecular complexity index is 3130. The van der Waals surface area contributed by atoms with Crippen molar-refractivity contribution in [3.8, 4) is 34.1 Å².